The van der Waals surface area contributed by atoms with Crippen LogP contribution < -0.4 is 4.90 Å². The van der Waals surface area contributed by atoms with Crippen molar-refractivity contribution in [3.8, 4) is 11.4 Å². The van der Waals surface area contributed by atoms with Crippen LogP contribution in [0.3, 0.4) is 0 Å². The second-order valence-corrected chi connectivity index (χ2v) is 7.21. The van der Waals surface area contributed by atoms with Crippen LogP contribution in [0.15, 0.2) is 40.9 Å². The molecule has 8 heteroatoms. The molecule has 0 bridgehead atoms. The van der Waals surface area contributed by atoms with Gasteiger partial charge in [0, 0.05) is 18.5 Å². The maximum absolute atomic E-state index is 13.7. The Balaban J connectivity index is 1.60. The molecule has 1 atom stereocenters. The van der Waals surface area contributed by atoms with Crippen molar-refractivity contribution in [1.82, 2.24) is 10.1 Å². The molecule has 138 valence electrons. The number of amides is 1. The van der Waals surface area contributed by atoms with Gasteiger partial charge in [-0.2, -0.15) is 4.98 Å². The van der Waals surface area contributed by atoms with Crippen LogP contribution in [0.5, 0.6) is 0 Å². The number of nitrogens with zero attached hydrogens (tertiary/aromatic N) is 3. The lowest BCUT2D eigenvalue weighted by Crippen LogP contribution is -2.25. The van der Waals surface area contributed by atoms with Gasteiger partial charge in [0.05, 0.1) is 21.7 Å². The minimum Gasteiger partial charge on any atom is -0.339 e. The Kier molecular flexibility index (Phi) is 4.61. The van der Waals surface area contributed by atoms with Crippen molar-refractivity contribution >= 4 is 34.8 Å². The first-order chi connectivity index (χ1) is 12.9. The largest absolute Gasteiger partial charge is 0.339 e. The molecule has 0 radical (unpaired) electrons. The molecule has 1 aromatic heterocycles. The van der Waals surface area contributed by atoms with Gasteiger partial charge >= 0.3 is 0 Å². The Morgan fingerprint density at radius 3 is 2.78 bits per heavy atom. The van der Waals surface area contributed by atoms with Crippen LogP contribution in [0, 0.1) is 12.7 Å². The Morgan fingerprint density at radius 2 is 2.04 bits per heavy atom. The highest BCUT2D eigenvalue weighted by molar-refractivity contribution is 6.34. The summed E-state index contributed by atoms with van der Waals surface area (Å²) >= 11 is 12.0. The van der Waals surface area contributed by atoms with Crippen molar-refractivity contribution in [3.63, 3.8) is 0 Å². The lowest BCUT2D eigenvalue weighted by molar-refractivity contribution is -0.117. The molecule has 27 heavy (non-hydrogen) atoms. The summed E-state index contributed by atoms with van der Waals surface area (Å²) in [7, 11) is 0. The average Bonchev–Trinajstić information content (AvgIpc) is 3.25. The van der Waals surface area contributed by atoms with Gasteiger partial charge in [0.25, 0.3) is 0 Å². The molecule has 3 aromatic rings. The molecule has 5 nitrogen and oxygen atoms in total. The van der Waals surface area contributed by atoms with Gasteiger partial charge in [-0.05, 0) is 36.8 Å². The van der Waals surface area contributed by atoms with Crippen LogP contribution in [-0.4, -0.2) is 22.6 Å². The normalized spacial score (nSPS) is 17.0. The molecule has 2 heterocycles. The SMILES string of the molecule is Cc1cccc(Cl)c1N1CC(c2nc(-c3ccc(Cl)c(F)c3)no2)CC1=O. The van der Waals surface area contributed by atoms with Crippen molar-refractivity contribution in [3.05, 3.63) is 63.7 Å². The van der Waals surface area contributed by atoms with Crippen molar-refractivity contribution in [2.75, 3.05) is 11.4 Å². The van der Waals surface area contributed by atoms with Crippen LogP contribution >= 0.6 is 23.2 Å². The predicted molar refractivity (Wildman–Crippen MR) is 101 cm³/mol. The van der Waals surface area contributed by atoms with Gasteiger partial charge in [-0.1, -0.05) is 40.5 Å². The minimum absolute atomic E-state index is 0.0228. The Morgan fingerprint density at radius 1 is 1.22 bits per heavy atom. The number of aromatic nitrogens is 2. The molecule has 0 saturated carbocycles. The number of rotatable bonds is 3. The number of aryl methyl sites for hydroxylation is 1. The number of benzene rings is 2. The zero-order valence-corrected chi connectivity index (χ0v) is 15.8. The van der Waals surface area contributed by atoms with E-state index in [0.717, 1.165) is 5.56 Å². The lowest BCUT2D eigenvalue weighted by atomic mass is 10.1. The summed E-state index contributed by atoms with van der Waals surface area (Å²) in [5.74, 6) is -0.293. The first kappa shape index (κ1) is 17.9. The van der Waals surface area contributed by atoms with Gasteiger partial charge in [0.2, 0.25) is 17.6 Å². The maximum Gasteiger partial charge on any atom is 0.232 e. The molecule has 0 aliphatic carbocycles. The monoisotopic (exact) mass is 405 g/mol. The fourth-order valence-electron chi connectivity index (χ4n) is 3.21. The second-order valence-electron chi connectivity index (χ2n) is 6.40. The Labute approximate surface area is 164 Å². The van der Waals surface area contributed by atoms with E-state index in [1.54, 1.807) is 17.0 Å². The summed E-state index contributed by atoms with van der Waals surface area (Å²) in [5.41, 5.74) is 2.07. The van der Waals surface area contributed by atoms with Crippen molar-refractivity contribution in [1.29, 1.82) is 0 Å². The van der Waals surface area contributed by atoms with E-state index in [0.29, 0.717) is 28.7 Å². The van der Waals surface area contributed by atoms with Crippen LogP contribution in [0.1, 0.15) is 23.8 Å². The molecule has 0 spiro atoms. The molecule has 1 aliphatic rings. The summed E-state index contributed by atoms with van der Waals surface area (Å²) < 4.78 is 19.0. The van der Waals surface area contributed by atoms with Crippen molar-refractivity contribution in [2.45, 2.75) is 19.3 Å². The number of carbonyl (C=O) groups excluding carboxylic acids is 1. The van der Waals surface area contributed by atoms with Crippen LogP contribution in [0.4, 0.5) is 10.1 Å². The van der Waals surface area contributed by atoms with Crippen molar-refractivity contribution < 1.29 is 13.7 Å². The van der Waals surface area contributed by atoms with Crippen LogP contribution in [0.2, 0.25) is 10.0 Å². The summed E-state index contributed by atoms with van der Waals surface area (Å²) in [6, 6.07) is 9.79. The molecule has 0 N–H and O–H groups in total. The zero-order chi connectivity index (χ0) is 19.1. The van der Waals surface area contributed by atoms with E-state index in [4.69, 9.17) is 27.7 Å². The standard InChI is InChI=1S/C19H14Cl2FN3O2/c1-10-3-2-4-14(21)17(10)25-9-12(8-16(25)26)19-23-18(24-27-19)11-5-6-13(20)15(22)7-11/h2-7,12H,8-9H2,1H3. The molecule has 2 aromatic carbocycles. The molecule has 1 amide bonds. The highest BCUT2D eigenvalue weighted by Crippen LogP contribution is 2.37. The molecule has 1 saturated heterocycles. The number of hydrogen-bond acceptors (Lipinski definition) is 4. The number of hydrogen-bond donors (Lipinski definition) is 0. The summed E-state index contributed by atoms with van der Waals surface area (Å²) in [6.45, 7) is 2.29. The smallest absolute Gasteiger partial charge is 0.232 e. The van der Waals surface area contributed by atoms with Crippen LogP contribution in [0.25, 0.3) is 11.4 Å². The number of carbonyl (C=O) groups is 1. The zero-order valence-electron chi connectivity index (χ0n) is 14.2. The number of halogens is 3. The molecule has 1 aliphatic heterocycles. The lowest BCUT2D eigenvalue weighted by Gasteiger charge is -2.20. The van der Waals surface area contributed by atoms with E-state index >= 15 is 0 Å². The van der Waals surface area contributed by atoms with Crippen LogP contribution in [-0.2, 0) is 4.79 Å². The molecular weight excluding hydrogens is 392 g/mol. The predicted octanol–water partition coefficient (Wildman–Crippen LogP) is 5.01. The maximum atomic E-state index is 13.7. The summed E-state index contributed by atoms with van der Waals surface area (Å²) in [4.78, 5) is 18.5. The van der Waals surface area contributed by atoms with Gasteiger partial charge < -0.3 is 9.42 Å². The van der Waals surface area contributed by atoms with Crippen molar-refractivity contribution in [2.24, 2.45) is 0 Å². The third-order valence-electron chi connectivity index (χ3n) is 4.55. The highest BCUT2D eigenvalue weighted by atomic mass is 35.5. The quantitative estimate of drug-likeness (QED) is 0.614. The van der Waals surface area contributed by atoms with E-state index in [2.05, 4.69) is 10.1 Å². The first-order valence-electron chi connectivity index (χ1n) is 8.28. The van der Waals surface area contributed by atoms with Gasteiger partial charge in [-0.25, -0.2) is 4.39 Å². The van der Waals surface area contributed by atoms with Gasteiger partial charge in [0.1, 0.15) is 5.82 Å². The second kappa shape index (κ2) is 6.94. The summed E-state index contributed by atoms with van der Waals surface area (Å²) in [5, 5.41) is 4.45. The third-order valence-corrected chi connectivity index (χ3v) is 5.16. The van der Waals surface area contributed by atoms with Gasteiger partial charge in [-0.3, -0.25) is 4.79 Å². The Hall–Kier alpha value is -2.44. The fourth-order valence-corrected chi connectivity index (χ4v) is 3.65. The molecule has 1 unspecified atom stereocenters. The van der Waals surface area contributed by atoms with E-state index in [-0.39, 0.29) is 29.1 Å². The van der Waals surface area contributed by atoms with E-state index in [1.165, 1.54) is 12.1 Å². The van der Waals surface area contributed by atoms with Gasteiger partial charge in [-0.15, -0.1) is 0 Å². The third kappa shape index (κ3) is 3.31. The molecule has 1 fully saturated rings. The first-order valence-corrected chi connectivity index (χ1v) is 9.04. The van der Waals surface area contributed by atoms with E-state index in [1.807, 2.05) is 19.1 Å². The Bertz CT molecular complexity index is 1020. The van der Waals surface area contributed by atoms with E-state index < -0.39 is 5.82 Å². The highest BCUT2D eigenvalue weighted by Gasteiger charge is 2.36. The minimum atomic E-state index is -0.558. The molecular formula is C19H14Cl2FN3O2. The topological polar surface area (TPSA) is 59.2 Å². The van der Waals surface area contributed by atoms with Gasteiger partial charge in [0.15, 0.2) is 0 Å². The summed E-state index contributed by atoms with van der Waals surface area (Å²) in [6.07, 6.45) is 0.237. The van der Waals surface area contributed by atoms with E-state index in [9.17, 15) is 9.18 Å². The average molecular weight is 406 g/mol. The number of anilines is 1. The molecule has 4 rings (SSSR count). The fraction of sp³-hybridized carbons (Fsp3) is 0.211. The number of para-hydroxylation sites is 1.